The van der Waals surface area contributed by atoms with Gasteiger partial charge < -0.3 is 20.1 Å². The number of imidazole rings is 1. The number of carboxylic acid groups (broad SMARTS) is 1. The largest absolute Gasteiger partial charge is 0.481 e. The molecule has 3 rings (SSSR count). The summed E-state index contributed by atoms with van der Waals surface area (Å²) >= 11 is 6.31. The quantitative estimate of drug-likeness (QED) is 0.583. The van der Waals surface area contributed by atoms with Crippen molar-refractivity contribution in [2.75, 3.05) is 17.7 Å². The number of carbonyl (C=O) groups is 3. The second kappa shape index (κ2) is 8.52. The number of H-pyrrole nitrogens is 1. The van der Waals surface area contributed by atoms with E-state index in [0.29, 0.717) is 41.9 Å². The Hall–Kier alpha value is -3.07. The minimum atomic E-state index is -1.01. The van der Waals surface area contributed by atoms with Gasteiger partial charge in [0.05, 0.1) is 12.8 Å². The molecule has 1 unspecified atom stereocenters. The van der Waals surface area contributed by atoms with Crippen molar-refractivity contribution in [1.29, 1.82) is 0 Å². The predicted molar refractivity (Wildman–Crippen MR) is 107 cm³/mol. The number of carbonyl (C=O) groups excluding carboxylic acids is 2. The number of aliphatic carboxylic acids is 1. The number of nitrogens with zero attached hydrogens (tertiary/aromatic N) is 1. The molecular formula is C19H21ClN4O5. The van der Waals surface area contributed by atoms with E-state index in [1.165, 1.54) is 7.11 Å². The number of nitrogens with one attached hydrogen (secondary N) is 3. The number of hydrogen-bond donors (Lipinski definition) is 4. The summed E-state index contributed by atoms with van der Waals surface area (Å²) in [4.78, 5) is 43.1. The monoisotopic (exact) mass is 420 g/mol. The molecule has 0 saturated heterocycles. The Kier molecular flexibility index (Phi) is 6.07. The molecule has 1 aliphatic heterocycles. The van der Waals surface area contributed by atoms with E-state index in [0.717, 1.165) is 0 Å². The van der Waals surface area contributed by atoms with Gasteiger partial charge in [0.25, 0.3) is 0 Å². The van der Waals surface area contributed by atoms with E-state index in [9.17, 15) is 19.5 Å². The van der Waals surface area contributed by atoms with Crippen LogP contribution < -0.4 is 10.6 Å². The minimum Gasteiger partial charge on any atom is -0.481 e. The van der Waals surface area contributed by atoms with Crippen LogP contribution in [0.3, 0.4) is 0 Å². The van der Waals surface area contributed by atoms with E-state index in [4.69, 9.17) is 11.6 Å². The Morgan fingerprint density at radius 1 is 1.34 bits per heavy atom. The molecule has 0 radical (unpaired) electrons. The molecule has 0 saturated carbocycles. The number of aromatic nitrogens is 2. The number of anilines is 2. The number of methoxy groups -OCH3 is 1. The molecule has 2 amide bonds. The lowest BCUT2D eigenvalue weighted by atomic mass is 9.96. The van der Waals surface area contributed by atoms with Crippen LogP contribution in [0, 0.1) is 5.92 Å². The molecule has 154 valence electrons. The average molecular weight is 421 g/mol. The summed E-state index contributed by atoms with van der Waals surface area (Å²) in [6.07, 6.45) is 0.746. The molecule has 2 atom stereocenters. The molecule has 29 heavy (non-hydrogen) atoms. The Morgan fingerprint density at radius 3 is 2.79 bits per heavy atom. The van der Waals surface area contributed by atoms with Crippen LogP contribution in [0.1, 0.15) is 37.9 Å². The van der Waals surface area contributed by atoms with E-state index in [1.54, 1.807) is 25.1 Å². The fourth-order valence-electron chi connectivity index (χ4n) is 3.21. The van der Waals surface area contributed by atoms with Gasteiger partial charge in [0, 0.05) is 17.2 Å². The normalized spacial score (nSPS) is 19.2. The molecule has 1 aliphatic rings. The van der Waals surface area contributed by atoms with Crippen LogP contribution in [0.15, 0.2) is 18.2 Å². The first-order valence-corrected chi connectivity index (χ1v) is 9.46. The molecule has 9 nitrogen and oxygen atoms in total. The third-order valence-electron chi connectivity index (χ3n) is 4.85. The first-order valence-electron chi connectivity index (χ1n) is 9.08. The zero-order valence-electron chi connectivity index (χ0n) is 15.9. The number of aromatic amines is 1. The van der Waals surface area contributed by atoms with Gasteiger partial charge in [-0.2, -0.15) is 0 Å². The number of amides is 2. The minimum absolute atomic E-state index is 0.169. The van der Waals surface area contributed by atoms with Gasteiger partial charge in [0.2, 0.25) is 5.91 Å². The van der Waals surface area contributed by atoms with Crippen molar-refractivity contribution in [3.8, 4) is 11.3 Å². The van der Waals surface area contributed by atoms with Gasteiger partial charge in [-0.25, -0.2) is 9.78 Å². The topological polar surface area (TPSA) is 133 Å². The Morgan fingerprint density at radius 2 is 2.10 bits per heavy atom. The lowest BCUT2D eigenvalue weighted by Crippen LogP contribution is -2.22. The van der Waals surface area contributed by atoms with Gasteiger partial charge >= 0.3 is 12.1 Å². The van der Waals surface area contributed by atoms with Crippen LogP contribution in [0.25, 0.3) is 11.3 Å². The molecule has 2 bridgehead atoms. The fourth-order valence-corrected chi connectivity index (χ4v) is 3.45. The van der Waals surface area contributed by atoms with Crippen LogP contribution in [0.4, 0.5) is 16.2 Å². The van der Waals surface area contributed by atoms with Gasteiger partial charge in [0.15, 0.2) is 0 Å². The van der Waals surface area contributed by atoms with Crippen molar-refractivity contribution < 1.29 is 24.2 Å². The maximum absolute atomic E-state index is 12.6. The third kappa shape index (κ3) is 4.51. The lowest BCUT2D eigenvalue weighted by Gasteiger charge is -2.17. The zero-order chi connectivity index (χ0) is 21.1. The van der Waals surface area contributed by atoms with Crippen molar-refractivity contribution in [1.82, 2.24) is 9.97 Å². The Labute approximate surface area is 171 Å². The molecule has 4 N–H and O–H groups in total. The molecule has 2 aromatic rings. The van der Waals surface area contributed by atoms with Gasteiger partial charge in [-0.05, 0) is 31.0 Å². The molecule has 2 heterocycles. The highest BCUT2D eigenvalue weighted by Gasteiger charge is 2.27. The summed E-state index contributed by atoms with van der Waals surface area (Å²) in [6.45, 7) is 1.78. The van der Waals surface area contributed by atoms with Crippen molar-refractivity contribution in [3.63, 3.8) is 0 Å². The number of fused-ring (bicyclic) bond motifs is 4. The number of hydrogen-bond acceptors (Lipinski definition) is 5. The van der Waals surface area contributed by atoms with Gasteiger partial charge in [-0.1, -0.05) is 24.9 Å². The van der Waals surface area contributed by atoms with Crippen molar-refractivity contribution >= 4 is 40.9 Å². The Balaban J connectivity index is 2.12. The fraction of sp³-hybridized carbons (Fsp3) is 0.368. The van der Waals surface area contributed by atoms with E-state index in [-0.39, 0.29) is 22.8 Å². The van der Waals surface area contributed by atoms with E-state index in [2.05, 4.69) is 25.3 Å². The van der Waals surface area contributed by atoms with Crippen LogP contribution in [-0.2, 0) is 14.3 Å². The molecule has 1 aromatic heterocycles. The SMILES string of the molecule is COC(=O)Nc1ccc2c(c1)NC(=O)[C@H](C)CCCC(C(=O)O)c1nc-2c(Cl)[nH]1. The van der Waals surface area contributed by atoms with Crippen LogP contribution >= 0.6 is 11.6 Å². The second-order valence-electron chi connectivity index (χ2n) is 6.87. The number of halogens is 1. The summed E-state index contributed by atoms with van der Waals surface area (Å²) in [5.41, 5.74) is 1.62. The zero-order valence-corrected chi connectivity index (χ0v) is 16.7. The molecule has 0 fully saturated rings. The summed E-state index contributed by atoms with van der Waals surface area (Å²) in [7, 11) is 1.25. The van der Waals surface area contributed by atoms with Gasteiger partial charge in [-0.15, -0.1) is 0 Å². The van der Waals surface area contributed by atoms with E-state index in [1.807, 2.05) is 0 Å². The van der Waals surface area contributed by atoms with Crippen molar-refractivity contribution in [2.45, 2.75) is 32.1 Å². The Bertz CT molecular complexity index is 958. The number of rotatable bonds is 2. The average Bonchev–Trinajstić information content (AvgIpc) is 3.05. The number of carboxylic acids is 1. The van der Waals surface area contributed by atoms with Crippen LogP contribution in [0.2, 0.25) is 5.15 Å². The highest BCUT2D eigenvalue weighted by molar-refractivity contribution is 6.32. The summed E-state index contributed by atoms with van der Waals surface area (Å²) in [5, 5.41) is 15.2. The third-order valence-corrected chi connectivity index (χ3v) is 5.12. The highest BCUT2D eigenvalue weighted by Crippen LogP contribution is 2.36. The molecule has 0 aliphatic carbocycles. The molecule has 10 heteroatoms. The first kappa shape index (κ1) is 20.7. The van der Waals surface area contributed by atoms with Crippen molar-refractivity contribution in [2.24, 2.45) is 5.92 Å². The van der Waals surface area contributed by atoms with E-state index < -0.39 is 18.0 Å². The van der Waals surface area contributed by atoms with E-state index >= 15 is 0 Å². The summed E-state index contributed by atoms with van der Waals surface area (Å²) in [5.74, 6) is -2.14. The molecule has 1 aromatic carbocycles. The smallest absolute Gasteiger partial charge is 0.411 e. The summed E-state index contributed by atoms with van der Waals surface area (Å²) < 4.78 is 4.59. The summed E-state index contributed by atoms with van der Waals surface area (Å²) in [6, 6.07) is 4.82. The highest BCUT2D eigenvalue weighted by atomic mass is 35.5. The maximum Gasteiger partial charge on any atom is 0.411 e. The number of ether oxygens (including phenoxy) is 1. The second-order valence-corrected chi connectivity index (χ2v) is 7.25. The maximum atomic E-state index is 12.6. The molecule has 0 spiro atoms. The van der Waals surface area contributed by atoms with Gasteiger partial charge in [-0.3, -0.25) is 14.9 Å². The lowest BCUT2D eigenvalue weighted by molar-refractivity contribution is -0.139. The first-order chi connectivity index (χ1) is 13.8. The van der Waals surface area contributed by atoms with Gasteiger partial charge in [0.1, 0.15) is 22.6 Å². The van der Waals surface area contributed by atoms with Crippen LogP contribution in [-0.4, -0.2) is 40.2 Å². The number of benzene rings is 1. The molecular weight excluding hydrogens is 400 g/mol. The van der Waals surface area contributed by atoms with Crippen molar-refractivity contribution in [3.05, 3.63) is 29.2 Å². The van der Waals surface area contributed by atoms with Crippen LogP contribution in [0.5, 0.6) is 0 Å². The standard InChI is InChI=1S/C19H21ClN4O5/c1-9-4-3-5-12(18(26)27)16-23-14(15(20)24-16)11-7-6-10(21-19(28)29-2)8-13(11)22-17(9)25/h6-9,12H,3-5H2,1-2H3,(H,21,28)(H,22,25)(H,23,24)(H,26,27)/t9-,12?/m1/s1. The predicted octanol–water partition coefficient (Wildman–Crippen LogP) is 3.84.